The Morgan fingerprint density at radius 1 is 1.27 bits per heavy atom. The highest BCUT2D eigenvalue weighted by molar-refractivity contribution is 6.31. The number of carbonyl (C=O) groups excluding carboxylic acids is 1. The number of rotatable bonds is 6. The molecule has 0 aliphatic carbocycles. The van der Waals surface area contributed by atoms with Crippen molar-refractivity contribution in [3.63, 3.8) is 0 Å². The highest BCUT2D eigenvalue weighted by atomic mass is 35.5. The molecule has 2 rings (SSSR count). The van der Waals surface area contributed by atoms with E-state index < -0.39 is 11.7 Å². The molecule has 0 saturated carbocycles. The van der Waals surface area contributed by atoms with E-state index in [0.717, 1.165) is 5.56 Å². The van der Waals surface area contributed by atoms with Gasteiger partial charge in [0.25, 0.3) is 0 Å². The Balaban J connectivity index is 2.03. The van der Waals surface area contributed by atoms with Gasteiger partial charge in [0.2, 0.25) is 0 Å². The van der Waals surface area contributed by atoms with Gasteiger partial charge in [0.1, 0.15) is 18.2 Å². The Morgan fingerprint density at radius 3 is 2.64 bits per heavy atom. The molecule has 0 radical (unpaired) electrons. The second-order valence-corrected chi connectivity index (χ2v) is 5.13. The minimum absolute atomic E-state index is 0.0533. The highest BCUT2D eigenvalue weighted by Crippen LogP contribution is 2.20. The number of carbonyl (C=O) groups is 1. The molecule has 0 bridgehead atoms. The molecule has 0 aliphatic rings. The fourth-order valence-corrected chi connectivity index (χ4v) is 2.18. The first-order chi connectivity index (χ1) is 10.6. The second kappa shape index (κ2) is 7.71. The minimum atomic E-state index is -0.489. The molecular formula is C17H15ClFNO2. The van der Waals surface area contributed by atoms with Crippen LogP contribution >= 0.6 is 11.6 Å². The number of benzene rings is 2. The fourth-order valence-electron chi connectivity index (χ4n) is 1.96. The van der Waals surface area contributed by atoms with Gasteiger partial charge in [0, 0.05) is 5.56 Å². The summed E-state index contributed by atoms with van der Waals surface area (Å²) in [7, 11) is 0. The summed E-state index contributed by atoms with van der Waals surface area (Å²) in [6.45, 7) is 1.39. The second-order valence-electron chi connectivity index (χ2n) is 4.73. The van der Waals surface area contributed by atoms with Gasteiger partial charge in [0.15, 0.2) is 0 Å². The molecule has 5 heteroatoms. The van der Waals surface area contributed by atoms with E-state index in [2.05, 4.69) is 5.16 Å². The average molecular weight is 320 g/mol. The summed E-state index contributed by atoms with van der Waals surface area (Å²) < 4.78 is 13.6. The van der Waals surface area contributed by atoms with Crippen LogP contribution in [0.4, 0.5) is 4.39 Å². The molecule has 0 unspecified atom stereocenters. The van der Waals surface area contributed by atoms with E-state index in [4.69, 9.17) is 16.4 Å². The summed E-state index contributed by atoms with van der Waals surface area (Å²) in [5.41, 5.74) is 1.06. The predicted octanol–water partition coefficient (Wildman–Crippen LogP) is 4.35. The van der Waals surface area contributed by atoms with Gasteiger partial charge in [0.05, 0.1) is 17.2 Å². The number of hydrogen-bond donors (Lipinski definition) is 0. The van der Waals surface area contributed by atoms with Crippen molar-refractivity contribution in [2.45, 2.75) is 19.4 Å². The van der Waals surface area contributed by atoms with Crippen LogP contribution in [0.25, 0.3) is 0 Å². The molecule has 1 atom stereocenters. The Bertz CT molecular complexity index is 653. The van der Waals surface area contributed by atoms with Crippen LogP contribution in [-0.4, -0.2) is 12.0 Å². The van der Waals surface area contributed by atoms with Crippen LogP contribution in [0.15, 0.2) is 53.7 Å². The first kappa shape index (κ1) is 16.2. The zero-order chi connectivity index (χ0) is 15.9. The van der Waals surface area contributed by atoms with E-state index in [-0.39, 0.29) is 23.0 Å². The molecule has 22 heavy (non-hydrogen) atoms. The Kier molecular flexibility index (Phi) is 5.67. The molecule has 0 heterocycles. The smallest absolute Gasteiger partial charge is 0.146 e. The molecule has 0 saturated heterocycles. The van der Waals surface area contributed by atoms with E-state index in [9.17, 15) is 9.18 Å². The van der Waals surface area contributed by atoms with Crippen molar-refractivity contribution >= 4 is 23.6 Å². The van der Waals surface area contributed by atoms with Crippen molar-refractivity contribution < 1.29 is 14.0 Å². The zero-order valence-corrected chi connectivity index (χ0v) is 12.8. The Hall–Kier alpha value is -2.20. The molecule has 3 nitrogen and oxygen atoms in total. The standard InChI is InChI=1S/C17H15ClFNO2/c1-12(21)14(13-6-3-2-4-7-13)10-20-22-11-15-16(18)8-5-9-17(15)19/h2-10,14H,11H2,1H3/b20-10-/t14-/m0/s1. The SMILES string of the molecule is CC(=O)[C@H](/C=N\OCc1c(F)cccc1Cl)c1ccccc1. The molecule has 2 aromatic carbocycles. The van der Waals surface area contributed by atoms with Crippen molar-refractivity contribution in [1.29, 1.82) is 0 Å². The van der Waals surface area contributed by atoms with Crippen LogP contribution in [0.2, 0.25) is 5.02 Å². The first-order valence-corrected chi connectivity index (χ1v) is 7.11. The van der Waals surface area contributed by atoms with Gasteiger partial charge in [-0.1, -0.05) is 53.2 Å². The number of oxime groups is 1. The normalized spacial score (nSPS) is 12.3. The third-order valence-corrected chi connectivity index (χ3v) is 3.51. The van der Waals surface area contributed by atoms with E-state index in [1.807, 2.05) is 30.3 Å². The Labute approximate surface area is 133 Å². The molecule has 0 aromatic heterocycles. The maximum Gasteiger partial charge on any atom is 0.146 e. The Morgan fingerprint density at radius 2 is 2.00 bits per heavy atom. The number of Topliss-reactive ketones (excluding diaryl/α,β-unsaturated/α-hetero) is 1. The molecular weight excluding hydrogens is 305 g/mol. The molecule has 114 valence electrons. The van der Waals surface area contributed by atoms with Crippen molar-refractivity contribution in [3.05, 3.63) is 70.5 Å². The fraction of sp³-hybridized carbons (Fsp3) is 0.176. The third kappa shape index (κ3) is 4.15. The van der Waals surface area contributed by atoms with Crippen LogP contribution in [0.1, 0.15) is 24.0 Å². The maximum atomic E-state index is 13.6. The quantitative estimate of drug-likeness (QED) is 0.586. The summed E-state index contributed by atoms with van der Waals surface area (Å²) >= 11 is 5.89. The van der Waals surface area contributed by atoms with Gasteiger partial charge in [-0.3, -0.25) is 4.79 Å². The lowest BCUT2D eigenvalue weighted by Gasteiger charge is -2.08. The van der Waals surface area contributed by atoms with Gasteiger partial charge in [-0.05, 0) is 24.6 Å². The summed E-state index contributed by atoms with van der Waals surface area (Å²) in [4.78, 5) is 16.8. The first-order valence-electron chi connectivity index (χ1n) is 6.73. The van der Waals surface area contributed by atoms with Crippen molar-refractivity contribution in [2.75, 3.05) is 0 Å². The lowest BCUT2D eigenvalue weighted by Crippen LogP contribution is -2.10. The highest BCUT2D eigenvalue weighted by Gasteiger charge is 2.14. The maximum absolute atomic E-state index is 13.6. The van der Waals surface area contributed by atoms with Gasteiger partial charge in [-0.25, -0.2) is 4.39 Å². The van der Waals surface area contributed by atoms with Gasteiger partial charge < -0.3 is 4.84 Å². The summed E-state index contributed by atoms with van der Waals surface area (Å²) in [5, 5.41) is 4.05. The van der Waals surface area contributed by atoms with E-state index in [1.54, 1.807) is 6.07 Å². The predicted molar refractivity (Wildman–Crippen MR) is 84.6 cm³/mol. The molecule has 0 N–H and O–H groups in total. The van der Waals surface area contributed by atoms with Crippen LogP contribution in [0, 0.1) is 5.82 Å². The van der Waals surface area contributed by atoms with Crippen molar-refractivity contribution in [3.8, 4) is 0 Å². The van der Waals surface area contributed by atoms with Crippen LogP contribution in [0.5, 0.6) is 0 Å². The van der Waals surface area contributed by atoms with E-state index in [0.29, 0.717) is 0 Å². The van der Waals surface area contributed by atoms with Crippen molar-refractivity contribution in [1.82, 2.24) is 0 Å². The number of nitrogens with zero attached hydrogens (tertiary/aromatic N) is 1. The van der Waals surface area contributed by atoms with Crippen LogP contribution in [0.3, 0.4) is 0 Å². The average Bonchev–Trinajstić information content (AvgIpc) is 2.50. The zero-order valence-electron chi connectivity index (χ0n) is 12.0. The lowest BCUT2D eigenvalue weighted by atomic mass is 9.97. The monoisotopic (exact) mass is 319 g/mol. The summed E-state index contributed by atoms with van der Waals surface area (Å²) in [5.74, 6) is -0.992. The number of ketones is 1. The topological polar surface area (TPSA) is 38.7 Å². The summed E-state index contributed by atoms with van der Waals surface area (Å²) in [6.07, 6.45) is 1.41. The molecule has 2 aromatic rings. The van der Waals surface area contributed by atoms with E-state index >= 15 is 0 Å². The molecule has 0 fully saturated rings. The third-order valence-electron chi connectivity index (χ3n) is 3.15. The van der Waals surface area contributed by atoms with Gasteiger partial charge in [-0.2, -0.15) is 0 Å². The van der Waals surface area contributed by atoms with Gasteiger partial charge in [-0.15, -0.1) is 0 Å². The largest absolute Gasteiger partial charge is 0.391 e. The van der Waals surface area contributed by atoms with Gasteiger partial charge >= 0.3 is 0 Å². The molecule has 0 amide bonds. The lowest BCUT2D eigenvalue weighted by molar-refractivity contribution is -0.117. The van der Waals surface area contributed by atoms with Crippen LogP contribution < -0.4 is 0 Å². The molecule has 0 spiro atoms. The van der Waals surface area contributed by atoms with Crippen LogP contribution in [-0.2, 0) is 16.2 Å². The summed E-state index contributed by atoms with van der Waals surface area (Å²) in [6, 6.07) is 13.6. The number of halogens is 2. The number of hydrogen-bond acceptors (Lipinski definition) is 3. The minimum Gasteiger partial charge on any atom is -0.391 e. The van der Waals surface area contributed by atoms with E-state index in [1.165, 1.54) is 25.3 Å². The molecule has 0 aliphatic heterocycles. The van der Waals surface area contributed by atoms with Crippen molar-refractivity contribution in [2.24, 2.45) is 5.16 Å².